The van der Waals surface area contributed by atoms with E-state index in [0.29, 0.717) is 0 Å². The molecule has 0 saturated heterocycles. The van der Waals surface area contributed by atoms with Crippen LogP contribution in [0.2, 0.25) is 0 Å². The minimum absolute atomic E-state index is 0.0691. The number of carbonyl (C=O) groups is 3. The first-order valence-electron chi connectivity index (χ1n) is 8.85. The number of hydrogen-bond acceptors (Lipinski definition) is 6. The molecule has 0 radical (unpaired) electrons. The summed E-state index contributed by atoms with van der Waals surface area (Å²) in [6, 6.07) is 12.5. The SMILES string of the molecule is O=C(CCc1ncc(-c2ccccc2F)o1)OCN1C(=O)c2ccccc2C1=O. The zero-order chi connectivity index (χ0) is 20.4. The van der Waals surface area contributed by atoms with Gasteiger partial charge in [-0.2, -0.15) is 0 Å². The topological polar surface area (TPSA) is 89.7 Å². The average Bonchev–Trinajstić information content (AvgIpc) is 3.29. The quantitative estimate of drug-likeness (QED) is 0.471. The average molecular weight is 394 g/mol. The van der Waals surface area contributed by atoms with Gasteiger partial charge in [0.15, 0.2) is 18.4 Å². The second-order valence-electron chi connectivity index (χ2n) is 6.33. The lowest BCUT2D eigenvalue weighted by Crippen LogP contribution is -2.33. The van der Waals surface area contributed by atoms with Crippen LogP contribution in [-0.2, 0) is 16.0 Å². The van der Waals surface area contributed by atoms with Crippen LogP contribution in [0.4, 0.5) is 4.39 Å². The van der Waals surface area contributed by atoms with Crippen LogP contribution in [0.3, 0.4) is 0 Å². The van der Waals surface area contributed by atoms with Crippen LogP contribution in [0, 0.1) is 5.82 Å². The summed E-state index contributed by atoms with van der Waals surface area (Å²) in [5, 5.41) is 0. The molecule has 2 heterocycles. The van der Waals surface area contributed by atoms with Crippen LogP contribution in [0.5, 0.6) is 0 Å². The molecule has 4 rings (SSSR count). The van der Waals surface area contributed by atoms with E-state index in [2.05, 4.69) is 4.98 Å². The monoisotopic (exact) mass is 394 g/mol. The van der Waals surface area contributed by atoms with Gasteiger partial charge in [-0.3, -0.25) is 14.4 Å². The van der Waals surface area contributed by atoms with Crippen molar-refractivity contribution in [2.24, 2.45) is 0 Å². The van der Waals surface area contributed by atoms with Crippen molar-refractivity contribution in [2.45, 2.75) is 12.8 Å². The summed E-state index contributed by atoms with van der Waals surface area (Å²) in [6.07, 6.45) is 1.45. The molecule has 2 aromatic carbocycles. The lowest BCUT2D eigenvalue weighted by Gasteiger charge is -2.13. The van der Waals surface area contributed by atoms with Gasteiger partial charge in [0.1, 0.15) is 5.82 Å². The van der Waals surface area contributed by atoms with E-state index in [4.69, 9.17) is 9.15 Å². The Morgan fingerprint density at radius 1 is 1.00 bits per heavy atom. The number of rotatable bonds is 6. The summed E-state index contributed by atoms with van der Waals surface area (Å²) in [5.74, 6) is -1.54. The Morgan fingerprint density at radius 2 is 1.62 bits per heavy atom. The number of nitrogens with zero attached hydrogens (tertiary/aromatic N) is 2. The van der Waals surface area contributed by atoms with Crippen LogP contribution in [0.25, 0.3) is 11.3 Å². The van der Waals surface area contributed by atoms with Crippen molar-refractivity contribution in [1.82, 2.24) is 9.88 Å². The Bertz CT molecular complexity index is 1070. The fourth-order valence-corrected chi connectivity index (χ4v) is 2.99. The minimum Gasteiger partial charge on any atom is -0.444 e. The van der Waals surface area contributed by atoms with Crippen molar-refractivity contribution < 1.29 is 27.9 Å². The van der Waals surface area contributed by atoms with E-state index in [9.17, 15) is 18.8 Å². The number of amides is 2. The molecule has 3 aromatic rings. The number of benzene rings is 2. The lowest BCUT2D eigenvalue weighted by molar-refractivity contribution is -0.146. The van der Waals surface area contributed by atoms with Gasteiger partial charge in [0, 0.05) is 6.42 Å². The maximum absolute atomic E-state index is 13.8. The molecule has 0 spiro atoms. The van der Waals surface area contributed by atoms with Gasteiger partial charge < -0.3 is 9.15 Å². The highest BCUT2D eigenvalue weighted by Gasteiger charge is 2.35. The number of aromatic nitrogens is 1. The first-order valence-corrected chi connectivity index (χ1v) is 8.85. The number of ether oxygens (including phenoxy) is 1. The Balaban J connectivity index is 1.31. The normalized spacial score (nSPS) is 12.9. The Kier molecular flexibility index (Phi) is 4.90. The molecule has 29 heavy (non-hydrogen) atoms. The smallest absolute Gasteiger partial charge is 0.308 e. The van der Waals surface area contributed by atoms with E-state index in [1.807, 2.05) is 0 Å². The molecule has 146 valence electrons. The maximum Gasteiger partial charge on any atom is 0.308 e. The molecule has 7 nitrogen and oxygen atoms in total. The zero-order valence-corrected chi connectivity index (χ0v) is 15.1. The molecule has 1 aromatic heterocycles. The van der Waals surface area contributed by atoms with Gasteiger partial charge in [-0.25, -0.2) is 14.3 Å². The third-order valence-corrected chi connectivity index (χ3v) is 4.47. The predicted octanol–water partition coefficient (Wildman–Crippen LogP) is 3.21. The van der Waals surface area contributed by atoms with Crippen molar-refractivity contribution in [2.75, 3.05) is 6.73 Å². The van der Waals surface area contributed by atoms with Crippen LogP contribution in [-0.4, -0.2) is 34.4 Å². The van der Waals surface area contributed by atoms with Crippen LogP contribution >= 0.6 is 0 Å². The van der Waals surface area contributed by atoms with Gasteiger partial charge in [0.05, 0.1) is 29.3 Å². The first-order chi connectivity index (χ1) is 14.0. The zero-order valence-electron chi connectivity index (χ0n) is 15.1. The molecule has 8 heteroatoms. The highest BCUT2D eigenvalue weighted by Crippen LogP contribution is 2.24. The predicted molar refractivity (Wildman–Crippen MR) is 98.1 cm³/mol. The summed E-state index contributed by atoms with van der Waals surface area (Å²) < 4.78 is 24.3. The van der Waals surface area contributed by atoms with E-state index in [1.54, 1.807) is 42.5 Å². The fourth-order valence-electron chi connectivity index (χ4n) is 2.99. The standard InChI is InChI=1S/C21H15FN2O5/c22-16-8-4-3-7-15(16)17-11-23-18(29-17)9-10-19(25)28-12-24-20(26)13-5-1-2-6-14(13)21(24)27/h1-8,11H,9-10,12H2. The third kappa shape index (κ3) is 3.64. The van der Waals surface area contributed by atoms with E-state index in [0.717, 1.165) is 4.90 Å². The third-order valence-electron chi connectivity index (χ3n) is 4.47. The van der Waals surface area contributed by atoms with Gasteiger partial charge >= 0.3 is 5.97 Å². The number of fused-ring (bicyclic) bond motifs is 1. The molecule has 0 aliphatic carbocycles. The maximum atomic E-state index is 13.8. The van der Waals surface area contributed by atoms with Crippen molar-refractivity contribution in [3.8, 4) is 11.3 Å². The summed E-state index contributed by atoms with van der Waals surface area (Å²) in [6.45, 7) is -0.461. The summed E-state index contributed by atoms with van der Waals surface area (Å²) in [7, 11) is 0. The largest absolute Gasteiger partial charge is 0.444 e. The molecule has 0 fully saturated rings. The number of halogens is 1. The number of hydrogen-bond donors (Lipinski definition) is 0. The summed E-state index contributed by atoms with van der Waals surface area (Å²) in [5.41, 5.74) is 0.850. The van der Waals surface area contributed by atoms with E-state index >= 15 is 0 Å². The number of oxazole rings is 1. The molecule has 0 bridgehead atoms. The summed E-state index contributed by atoms with van der Waals surface area (Å²) in [4.78, 5) is 41.3. The van der Waals surface area contributed by atoms with Gasteiger partial charge in [-0.1, -0.05) is 24.3 Å². The Labute approximate surface area is 164 Å². The molecule has 0 unspecified atom stereocenters. The molecule has 0 atom stereocenters. The number of carbonyl (C=O) groups excluding carboxylic acids is 3. The van der Waals surface area contributed by atoms with E-state index < -0.39 is 30.3 Å². The van der Waals surface area contributed by atoms with Gasteiger partial charge in [-0.15, -0.1) is 0 Å². The molecular formula is C21H15FN2O5. The molecular weight excluding hydrogens is 379 g/mol. The second-order valence-corrected chi connectivity index (χ2v) is 6.33. The van der Waals surface area contributed by atoms with Gasteiger partial charge in [0.2, 0.25) is 0 Å². The number of imide groups is 1. The Hall–Kier alpha value is -3.81. The van der Waals surface area contributed by atoms with Crippen molar-refractivity contribution in [1.29, 1.82) is 0 Å². The van der Waals surface area contributed by atoms with Crippen LogP contribution < -0.4 is 0 Å². The summed E-state index contributed by atoms with van der Waals surface area (Å²) >= 11 is 0. The van der Waals surface area contributed by atoms with Gasteiger partial charge in [0.25, 0.3) is 11.8 Å². The highest BCUT2D eigenvalue weighted by atomic mass is 19.1. The first kappa shape index (κ1) is 18.5. The minimum atomic E-state index is -0.618. The number of esters is 1. The lowest BCUT2D eigenvalue weighted by atomic mass is 10.1. The molecule has 1 aliphatic heterocycles. The Morgan fingerprint density at radius 3 is 2.28 bits per heavy atom. The van der Waals surface area contributed by atoms with E-state index in [1.165, 1.54) is 12.3 Å². The van der Waals surface area contributed by atoms with Crippen LogP contribution in [0.1, 0.15) is 33.0 Å². The van der Waals surface area contributed by atoms with E-state index in [-0.39, 0.29) is 41.2 Å². The van der Waals surface area contributed by atoms with Gasteiger partial charge in [-0.05, 0) is 24.3 Å². The van der Waals surface area contributed by atoms with Crippen molar-refractivity contribution in [3.05, 3.63) is 77.6 Å². The van der Waals surface area contributed by atoms with Crippen molar-refractivity contribution >= 4 is 17.8 Å². The number of aryl methyl sites for hydroxylation is 1. The fraction of sp³-hybridized carbons (Fsp3) is 0.143. The molecule has 2 amide bonds. The van der Waals surface area contributed by atoms with Crippen LogP contribution in [0.15, 0.2) is 59.1 Å². The van der Waals surface area contributed by atoms with Crippen molar-refractivity contribution in [3.63, 3.8) is 0 Å². The molecule has 0 saturated carbocycles. The highest BCUT2D eigenvalue weighted by molar-refractivity contribution is 6.21. The molecule has 1 aliphatic rings. The molecule has 0 N–H and O–H groups in total. The second kappa shape index (κ2) is 7.67.